The van der Waals surface area contributed by atoms with Crippen molar-refractivity contribution in [2.45, 2.75) is 25.4 Å². The topological polar surface area (TPSA) is 29.1 Å². The molecule has 0 saturated heterocycles. The van der Waals surface area contributed by atoms with E-state index in [-0.39, 0.29) is 5.91 Å². The van der Waals surface area contributed by atoms with Crippen molar-refractivity contribution in [3.05, 3.63) is 155 Å². The van der Waals surface area contributed by atoms with E-state index in [2.05, 4.69) is 130 Å². The number of anilines is 1. The summed E-state index contributed by atoms with van der Waals surface area (Å²) in [4.78, 5) is 13.1. The molecule has 0 radical (unpaired) electrons. The molecule has 5 aromatic rings. The largest absolute Gasteiger partial charge is 0.326 e. The number of hydrogen-bond acceptors (Lipinski definition) is 1. The lowest BCUT2D eigenvalue weighted by Gasteiger charge is -2.28. The van der Waals surface area contributed by atoms with Gasteiger partial charge in [0.1, 0.15) is 29.3 Å². The molecule has 4 heteroatoms. The molecule has 0 aliphatic rings. The molecule has 2 nitrogen and oxygen atoms in total. The van der Waals surface area contributed by atoms with Gasteiger partial charge in [-0.15, -0.1) is 0 Å². The number of benzene rings is 5. The molecule has 5 aromatic carbocycles. The summed E-state index contributed by atoms with van der Waals surface area (Å²) in [5.74, 6) is 0.0533. The van der Waals surface area contributed by atoms with E-state index in [9.17, 15) is 4.79 Å². The smallest absolute Gasteiger partial charge is 0.224 e. The second-order valence-corrected chi connectivity index (χ2v) is 14.1. The van der Waals surface area contributed by atoms with Crippen LogP contribution in [0.2, 0.25) is 0 Å². The summed E-state index contributed by atoms with van der Waals surface area (Å²) in [7, 11) is -2.10. The van der Waals surface area contributed by atoms with Gasteiger partial charge in [0.05, 0.1) is 0 Å². The van der Waals surface area contributed by atoms with Crippen molar-refractivity contribution < 1.29 is 4.79 Å². The van der Waals surface area contributed by atoms with Crippen LogP contribution >= 0.6 is 23.2 Å². The molecule has 0 heterocycles. The summed E-state index contributed by atoms with van der Waals surface area (Å²) < 4.78 is 1.01. The predicted octanol–water partition coefficient (Wildman–Crippen LogP) is 7.90. The first kappa shape index (κ1) is 27.1. The van der Waals surface area contributed by atoms with Crippen LogP contribution in [-0.4, -0.2) is 5.91 Å². The van der Waals surface area contributed by atoms with Gasteiger partial charge >= 0.3 is 0 Å². The average Bonchev–Trinajstić information content (AvgIpc) is 2.99. The van der Waals surface area contributed by atoms with Crippen molar-refractivity contribution in [1.29, 1.82) is 0 Å². The lowest BCUT2D eigenvalue weighted by atomic mass is 10.1. The van der Waals surface area contributed by atoms with Gasteiger partial charge in [0, 0.05) is 22.1 Å². The molecule has 0 fully saturated rings. The van der Waals surface area contributed by atoms with Crippen LogP contribution in [0.4, 0.5) is 5.69 Å². The Bertz CT molecular complexity index is 1400. The first-order valence-corrected chi connectivity index (χ1v) is 16.1. The normalized spacial score (nSPS) is 11.2. The highest BCUT2D eigenvalue weighted by molar-refractivity contribution is 9.10. The molecule has 0 spiro atoms. The molecular formula is C35H32BrNOP+. The third-order valence-electron chi connectivity index (χ3n) is 7.05. The van der Waals surface area contributed by atoms with Crippen molar-refractivity contribution >= 4 is 50.7 Å². The van der Waals surface area contributed by atoms with Crippen LogP contribution in [0.5, 0.6) is 0 Å². The summed E-state index contributed by atoms with van der Waals surface area (Å²) in [6.07, 6.45) is 2.99. The summed E-state index contributed by atoms with van der Waals surface area (Å²) in [6.45, 7) is 0. The van der Waals surface area contributed by atoms with E-state index in [1.165, 1.54) is 21.5 Å². The van der Waals surface area contributed by atoms with Gasteiger partial charge in [-0.05, 0) is 73.0 Å². The third-order valence-corrected chi connectivity index (χ3v) is 11.9. The Morgan fingerprint density at radius 3 is 1.64 bits per heavy atom. The summed E-state index contributed by atoms with van der Waals surface area (Å²) >= 11 is 3.71. The lowest BCUT2D eigenvalue weighted by Crippen LogP contribution is -2.32. The molecule has 0 saturated carbocycles. The van der Waals surface area contributed by atoms with Gasteiger partial charge in [0.25, 0.3) is 0 Å². The molecular weight excluding hydrogens is 561 g/mol. The third kappa shape index (κ3) is 6.56. The number of halogens is 1. The second-order valence-electron chi connectivity index (χ2n) is 9.66. The Morgan fingerprint density at radius 1 is 0.641 bits per heavy atom. The molecule has 0 atom stereocenters. The maximum atomic E-state index is 13.1. The second kappa shape index (κ2) is 13.0. The zero-order valence-corrected chi connectivity index (χ0v) is 24.3. The fourth-order valence-corrected chi connectivity index (χ4v) is 9.82. The van der Waals surface area contributed by atoms with Gasteiger partial charge in [-0.2, -0.15) is 0 Å². The van der Waals surface area contributed by atoms with E-state index in [4.69, 9.17) is 0 Å². The van der Waals surface area contributed by atoms with Crippen molar-refractivity contribution in [3.8, 4) is 0 Å². The molecule has 0 aliphatic heterocycles. The van der Waals surface area contributed by atoms with Crippen LogP contribution in [-0.2, 0) is 17.4 Å². The molecule has 5 rings (SSSR count). The molecule has 39 heavy (non-hydrogen) atoms. The zero-order chi connectivity index (χ0) is 26.9. The molecule has 0 aliphatic carbocycles. The van der Waals surface area contributed by atoms with Crippen molar-refractivity contribution in [2.24, 2.45) is 0 Å². The van der Waals surface area contributed by atoms with Crippen molar-refractivity contribution in [2.75, 3.05) is 5.32 Å². The SMILES string of the molecule is O=C(CCCc1ccccc1)Nc1ccc(Br)cc1C[P+](c1ccccc1)(c1ccccc1)c1ccccc1. The van der Waals surface area contributed by atoms with E-state index in [0.29, 0.717) is 6.42 Å². The Labute approximate surface area is 240 Å². The van der Waals surface area contributed by atoms with Crippen molar-refractivity contribution in [3.63, 3.8) is 0 Å². The number of carbonyl (C=O) groups is 1. The maximum absolute atomic E-state index is 13.1. The van der Waals surface area contributed by atoms with Crippen LogP contribution in [0.25, 0.3) is 0 Å². The minimum absolute atomic E-state index is 0.0533. The van der Waals surface area contributed by atoms with E-state index < -0.39 is 7.26 Å². The maximum Gasteiger partial charge on any atom is 0.224 e. The fourth-order valence-electron chi connectivity index (χ4n) is 5.15. The Balaban J connectivity index is 1.51. The standard InChI is InChI=1S/C35H31BrNOP/c36-30-24-25-34(37-35(38)23-13-16-28-14-5-1-6-15-28)29(26-30)27-39(31-17-7-2-8-18-31,32-19-9-3-10-20-32)33-21-11-4-12-22-33/h1-12,14-15,17-22,24-26H,13,16,23,27H2/p+1. The monoisotopic (exact) mass is 592 g/mol. The average molecular weight is 594 g/mol. The highest BCUT2D eigenvalue weighted by atomic mass is 79.9. The number of amides is 1. The highest BCUT2D eigenvalue weighted by Gasteiger charge is 2.45. The van der Waals surface area contributed by atoms with Crippen LogP contribution in [0.1, 0.15) is 24.0 Å². The van der Waals surface area contributed by atoms with E-state index in [1.54, 1.807) is 0 Å². The minimum Gasteiger partial charge on any atom is -0.326 e. The molecule has 1 amide bonds. The highest BCUT2D eigenvalue weighted by Crippen LogP contribution is 2.59. The zero-order valence-electron chi connectivity index (χ0n) is 21.8. The molecule has 0 bridgehead atoms. The van der Waals surface area contributed by atoms with Gasteiger partial charge in [-0.25, -0.2) is 0 Å². The van der Waals surface area contributed by atoms with Gasteiger partial charge in [-0.1, -0.05) is 101 Å². The van der Waals surface area contributed by atoms with Crippen LogP contribution in [0.3, 0.4) is 0 Å². The van der Waals surface area contributed by atoms with Crippen molar-refractivity contribution in [1.82, 2.24) is 0 Å². The first-order valence-electron chi connectivity index (χ1n) is 13.3. The Kier molecular flexibility index (Phi) is 9.04. The van der Waals surface area contributed by atoms with E-state index in [1.807, 2.05) is 30.3 Å². The van der Waals surface area contributed by atoms with Gasteiger partial charge in [0.2, 0.25) is 5.91 Å². The van der Waals surface area contributed by atoms with E-state index in [0.717, 1.165) is 34.7 Å². The van der Waals surface area contributed by atoms with Crippen LogP contribution in [0.15, 0.2) is 144 Å². The minimum atomic E-state index is -2.10. The number of nitrogens with one attached hydrogen (secondary N) is 1. The summed E-state index contributed by atoms with van der Waals surface area (Å²) in [6, 6.07) is 49.1. The molecule has 0 aromatic heterocycles. The number of aryl methyl sites for hydroxylation is 1. The Hall–Kier alpha value is -3.52. The fraction of sp³-hybridized carbons (Fsp3) is 0.114. The van der Waals surface area contributed by atoms with Crippen LogP contribution in [0, 0.1) is 0 Å². The molecule has 194 valence electrons. The van der Waals surface area contributed by atoms with Crippen LogP contribution < -0.4 is 21.2 Å². The Morgan fingerprint density at radius 2 is 1.13 bits per heavy atom. The predicted molar refractivity (Wildman–Crippen MR) is 171 cm³/mol. The quantitative estimate of drug-likeness (QED) is 0.164. The summed E-state index contributed by atoms with van der Waals surface area (Å²) in [5, 5.41) is 7.22. The number of rotatable bonds is 10. The van der Waals surface area contributed by atoms with Gasteiger partial charge in [0.15, 0.2) is 0 Å². The number of hydrogen-bond donors (Lipinski definition) is 1. The molecule has 0 unspecified atom stereocenters. The van der Waals surface area contributed by atoms with Gasteiger partial charge in [-0.3, -0.25) is 4.79 Å². The lowest BCUT2D eigenvalue weighted by molar-refractivity contribution is -0.116. The number of carbonyl (C=O) groups excluding carboxylic acids is 1. The first-order chi connectivity index (χ1) is 19.1. The van der Waals surface area contributed by atoms with Gasteiger partial charge < -0.3 is 5.32 Å². The molecule has 1 N–H and O–H groups in total. The van der Waals surface area contributed by atoms with E-state index >= 15 is 0 Å². The summed E-state index contributed by atoms with van der Waals surface area (Å²) in [5.41, 5.74) is 3.28.